The first-order valence-electron chi connectivity index (χ1n) is 10.3. The lowest BCUT2D eigenvalue weighted by atomic mass is 10.0. The third-order valence-electron chi connectivity index (χ3n) is 5.65. The molecule has 8 heteroatoms. The molecule has 1 fully saturated rings. The van der Waals surface area contributed by atoms with Crippen LogP contribution in [0.4, 0.5) is 5.69 Å². The maximum atomic E-state index is 12.8. The van der Waals surface area contributed by atoms with E-state index in [-0.39, 0.29) is 5.91 Å². The Morgan fingerprint density at radius 1 is 1.26 bits per heavy atom. The molecule has 4 rings (SSSR count). The first kappa shape index (κ1) is 21.7. The Kier molecular flexibility index (Phi) is 6.55. The van der Waals surface area contributed by atoms with Crippen molar-refractivity contribution in [3.8, 4) is 0 Å². The van der Waals surface area contributed by atoms with E-state index >= 15 is 0 Å². The lowest BCUT2D eigenvalue weighted by Gasteiger charge is -2.32. The first-order chi connectivity index (χ1) is 15.0. The van der Waals surface area contributed by atoms with Crippen LogP contribution >= 0.6 is 22.9 Å². The lowest BCUT2D eigenvalue weighted by Crippen LogP contribution is -2.36. The van der Waals surface area contributed by atoms with Gasteiger partial charge in [0.2, 0.25) is 0 Å². The molecular formula is C23H24ClN3O3S. The van der Waals surface area contributed by atoms with Gasteiger partial charge in [0.1, 0.15) is 9.71 Å². The predicted octanol–water partition coefficient (Wildman–Crippen LogP) is 5.36. The highest BCUT2D eigenvalue weighted by atomic mass is 35.5. The number of thiophene rings is 1. The number of esters is 1. The highest BCUT2D eigenvalue weighted by Crippen LogP contribution is 2.36. The van der Waals surface area contributed by atoms with E-state index in [2.05, 4.69) is 17.1 Å². The largest absolute Gasteiger partial charge is 0.465 e. The maximum absolute atomic E-state index is 12.8. The molecule has 1 aromatic carbocycles. The van der Waals surface area contributed by atoms with Crippen molar-refractivity contribution in [1.29, 1.82) is 0 Å². The van der Waals surface area contributed by atoms with Crippen LogP contribution in [-0.4, -0.2) is 41.5 Å². The number of pyridine rings is 1. The molecule has 3 aromatic rings. The van der Waals surface area contributed by atoms with E-state index in [4.69, 9.17) is 21.3 Å². The molecule has 31 heavy (non-hydrogen) atoms. The molecule has 0 saturated carbocycles. The van der Waals surface area contributed by atoms with Crippen molar-refractivity contribution in [2.75, 3.05) is 19.0 Å². The quantitative estimate of drug-likeness (QED) is 0.522. The van der Waals surface area contributed by atoms with Crippen LogP contribution in [0.3, 0.4) is 0 Å². The zero-order chi connectivity index (χ0) is 22.0. The van der Waals surface area contributed by atoms with Gasteiger partial charge in [0.15, 0.2) is 0 Å². The molecule has 1 unspecified atom stereocenters. The highest BCUT2D eigenvalue weighted by Gasteiger charge is 2.24. The van der Waals surface area contributed by atoms with Crippen molar-refractivity contribution < 1.29 is 14.3 Å². The lowest BCUT2D eigenvalue weighted by molar-refractivity contribution is 0.0607. The molecule has 0 bridgehead atoms. The number of carbonyl (C=O) groups excluding carboxylic acids is 2. The number of hydrogen-bond acceptors (Lipinski definition) is 6. The number of likely N-dealkylation sites (tertiary alicyclic amines) is 1. The molecule has 0 spiro atoms. The number of nitrogens with one attached hydrogen (secondary N) is 1. The molecule has 0 radical (unpaired) electrons. The van der Waals surface area contributed by atoms with Gasteiger partial charge >= 0.3 is 5.97 Å². The molecule has 1 amide bonds. The van der Waals surface area contributed by atoms with Gasteiger partial charge in [-0.05, 0) is 50.6 Å². The number of anilines is 1. The second kappa shape index (κ2) is 9.34. The van der Waals surface area contributed by atoms with Crippen molar-refractivity contribution in [2.45, 2.75) is 38.8 Å². The minimum Gasteiger partial charge on any atom is -0.465 e. The Hall–Kier alpha value is -2.48. The van der Waals surface area contributed by atoms with Gasteiger partial charge in [-0.2, -0.15) is 0 Å². The number of ether oxygens (including phenoxy) is 1. The standard InChI is InChI=1S/C23H24ClN3O3S/c1-14-7-5-6-12-27(14)13-15-10-11-17-19(20(23(29)30-2)31-22(17)25-15)26-21(28)16-8-3-4-9-18(16)24/h3-4,8-11,14H,5-7,12-13H2,1-2H3,(H,26,28). The molecular weight excluding hydrogens is 434 g/mol. The molecule has 3 heterocycles. The van der Waals surface area contributed by atoms with Crippen LogP contribution in [0, 0.1) is 0 Å². The number of amides is 1. The van der Waals surface area contributed by atoms with Crippen LogP contribution in [0.15, 0.2) is 36.4 Å². The zero-order valence-electron chi connectivity index (χ0n) is 17.5. The maximum Gasteiger partial charge on any atom is 0.350 e. The predicted molar refractivity (Wildman–Crippen MR) is 124 cm³/mol. The molecule has 162 valence electrons. The van der Waals surface area contributed by atoms with Crippen LogP contribution in [0.25, 0.3) is 10.2 Å². The van der Waals surface area contributed by atoms with E-state index in [0.717, 1.165) is 18.8 Å². The van der Waals surface area contributed by atoms with Gasteiger partial charge in [-0.3, -0.25) is 9.69 Å². The fourth-order valence-corrected chi connectivity index (χ4v) is 5.18. The Morgan fingerprint density at radius 3 is 2.81 bits per heavy atom. The topological polar surface area (TPSA) is 71.5 Å². The van der Waals surface area contributed by atoms with Gasteiger partial charge < -0.3 is 10.1 Å². The Bertz CT molecular complexity index is 1130. The van der Waals surface area contributed by atoms with E-state index in [1.165, 1.54) is 37.7 Å². The van der Waals surface area contributed by atoms with Crippen LogP contribution in [0.5, 0.6) is 0 Å². The third-order valence-corrected chi connectivity index (χ3v) is 7.06. The normalized spacial score (nSPS) is 16.9. The fourth-order valence-electron chi connectivity index (χ4n) is 3.89. The number of aromatic nitrogens is 1. The molecule has 6 nitrogen and oxygen atoms in total. The Morgan fingerprint density at radius 2 is 2.06 bits per heavy atom. The number of piperidine rings is 1. The summed E-state index contributed by atoms with van der Waals surface area (Å²) in [5, 5.41) is 3.90. The van der Waals surface area contributed by atoms with Crippen molar-refractivity contribution in [1.82, 2.24) is 9.88 Å². The van der Waals surface area contributed by atoms with Gasteiger partial charge in [-0.25, -0.2) is 9.78 Å². The van der Waals surface area contributed by atoms with Crippen molar-refractivity contribution in [3.05, 3.63) is 57.6 Å². The molecule has 1 atom stereocenters. The van der Waals surface area contributed by atoms with Gasteiger partial charge in [0, 0.05) is 18.0 Å². The van der Waals surface area contributed by atoms with E-state index in [1.807, 2.05) is 12.1 Å². The molecule has 1 N–H and O–H groups in total. The monoisotopic (exact) mass is 457 g/mol. The summed E-state index contributed by atoms with van der Waals surface area (Å²) in [6.45, 7) is 4.09. The zero-order valence-corrected chi connectivity index (χ0v) is 19.1. The summed E-state index contributed by atoms with van der Waals surface area (Å²) in [7, 11) is 1.32. The average molecular weight is 458 g/mol. The van der Waals surface area contributed by atoms with Gasteiger partial charge in [-0.1, -0.05) is 30.2 Å². The van der Waals surface area contributed by atoms with E-state index in [0.29, 0.717) is 37.4 Å². The van der Waals surface area contributed by atoms with Crippen LogP contribution < -0.4 is 5.32 Å². The summed E-state index contributed by atoms with van der Waals surface area (Å²) < 4.78 is 4.94. The van der Waals surface area contributed by atoms with Crippen LogP contribution in [0.2, 0.25) is 5.02 Å². The number of halogens is 1. The summed E-state index contributed by atoms with van der Waals surface area (Å²) in [6, 6.07) is 11.2. The summed E-state index contributed by atoms with van der Waals surface area (Å²) in [6.07, 6.45) is 3.67. The summed E-state index contributed by atoms with van der Waals surface area (Å²) in [4.78, 5) is 33.5. The molecule has 0 aliphatic carbocycles. The second-order valence-electron chi connectivity index (χ2n) is 7.70. The number of benzene rings is 1. The summed E-state index contributed by atoms with van der Waals surface area (Å²) in [5.41, 5.74) is 1.69. The van der Waals surface area contributed by atoms with Crippen molar-refractivity contribution in [3.63, 3.8) is 0 Å². The fraction of sp³-hybridized carbons (Fsp3) is 0.348. The van der Waals surface area contributed by atoms with Gasteiger partial charge in [-0.15, -0.1) is 11.3 Å². The number of carbonyl (C=O) groups is 2. The Labute approximate surface area is 190 Å². The smallest absolute Gasteiger partial charge is 0.350 e. The molecule has 1 aliphatic rings. The van der Waals surface area contributed by atoms with E-state index < -0.39 is 5.97 Å². The second-order valence-corrected chi connectivity index (χ2v) is 9.11. The van der Waals surface area contributed by atoms with Crippen molar-refractivity contribution >= 4 is 50.7 Å². The van der Waals surface area contributed by atoms with Crippen molar-refractivity contribution in [2.24, 2.45) is 0 Å². The summed E-state index contributed by atoms with van der Waals surface area (Å²) >= 11 is 7.39. The first-order valence-corrected chi connectivity index (χ1v) is 11.5. The molecule has 2 aromatic heterocycles. The average Bonchev–Trinajstić information content (AvgIpc) is 3.12. The molecule has 1 saturated heterocycles. The number of nitrogens with zero attached hydrogens (tertiary/aromatic N) is 2. The minimum absolute atomic E-state index is 0.314. The Balaban J connectivity index is 1.67. The van der Waals surface area contributed by atoms with E-state index in [9.17, 15) is 9.59 Å². The highest BCUT2D eigenvalue weighted by molar-refractivity contribution is 7.21. The number of hydrogen-bond donors (Lipinski definition) is 1. The van der Waals surface area contributed by atoms with Crippen LogP contribution in [-0.2, 0) is 11.3 Å². The minimum atomic E-state index is -0.510. The SMILES string of the molecule is COC(=O)c1sc2nc(CN3CCCCC3C)ccc2c1NC(=O)c1ccccc1Cl. The number of methoxy groups -OCH3 is 1. The van der Waals surface area contributed by atoms with Crippen LogP contribution in [0.1, 0.15) is 51.9 Å². The third kappa shape index (κ3) is 4.59. The van der Waals surface area contributed by atoms with Gasteiger partial charge in [0.25, 0.3) is 5.91 Å². The summed E-state index contributed by atoms with van der Waals surface area (Å²) in [5.74, 6) is -0.898. The number of fused-ring (bicyclic) bond motifs is 1. The van der Waals surface area contributed by atoms with Gasteiger partial charge in [0.05, 0.1) is 29.1 Å². The van der Waals surface area contributed by atoms with E-state index in [1.54, 1.807) is 24.3 Å². The molecule has 1 aliphatic heterocycles. The number of rotatable bonds is 5.